The summed E-state index contributed by atoms with van der Waals surface area (Å²) in [5.41, 5.74) is 5.22. The minimum absolute atomic E-state index is 0.161. The van der Waals surface area contributed by atoms with Gasteiger partial charge in [-0.15, -0.1) is 0 Å². The fourth-order valence-corrected chi connectivity index (χ4v) is 5.20. The quantitative estimate of drug-likeness (QED) is 0.135. The summed E-state index contributed by atoms with van der Waals surface area (Å²) in [5.74, 6) is 0.161. The number of rotatable bonds is 18. The molecule has 2 N–H and O–H groups in total. The number of hydrogen-bond acceptors (Lipinski definition) is 5. The summed E-state index contributed by atoms with van der Waals surface area (Å²) in [7, 11) is 0. The number of aromatic amines is 2. The Labute approximate surface area is 226 Å². The molecule has 0 atom stereocenters. The van der Waals surface area contributed by atoms with Crippen LogP contribution in [-0.4, -0.2) is 41.6 Å². The van der Waals surface area contributed by atoms with E-state index in [0.717, 1.165) is 46.0 Å². The lowest BCUT2D eigenvalue weighted by Gasteiger charge is -2.23. The topological polar surface area (TPSA) is 103 Å². The molecule has 0 aliphatic rings. The molecule has 0 fully saturated rings. The van der Waals surface area contributed by atoms with Gasteiger partial charge in [0.25, 0.3) is 0 Å². The average molecular weight is 518 g/mol. The Morgan fingerprint density at radius 3 is 1.55 bits per heavy atom. The summed E-state index contributed by atoms with van der Waals surface area (Å²) in [6.07, 6.45) is 17.4. The van der Waals surface area contributed by atoms with Gasteiger partial charge in [-0.1, -0.05) is 108 Å². The number of hydrogen-bond donors (Lipinski definition) is 2. The van der Waals surface area contributed by atoms with E-state index in [1.807, 2.05) is 41.3 Å². The van der Waals surface area contributed by atoms with Gasteiger partial charge in [0.1, 0.15) is 22.1 Å². The van der Waals surface area contributed by atoms with Crippen molar-refractivity contribution < 1.29 is 4.79 Å². The molecular formula is C30H43N7O. The molecule has 38 heavy (non-hydrogen) atoms. The Balaban J connectivity index is 1.24. The second kappa shape index (κ2) is 15.2. The zero-order valence-corrected chi connectivity index (χ0v) is 22.9. The molecule has 2 aromatic carbocycles. The van der Waals surface area contributed by atoms with Gasteiger partial charge in [0.15, 0.2) is 0 Å². The highest BCUT2D eigenvalue weighted by atomic mass is 16.2. The summed E-state index contributed by atoms with van der Waals surface area (Å²) in [5, 5.41) is 22.5. The lowest BCUT2D eigenvalue weighted by atomic mass is 10.0. The van der Waals surface area contributed by atoms with Gasteiger partial charge in [-0.2, -0.15) is 30.8 Å². The van der Waals surface area contributed by atoms with Crippen LogP contribution in [0.4, 0.5) is 0 Å². The molecule has 0 bridgehead atoms. The van der Waals surface area contributed by atoms with Crippen LogP contribution in [0.2, 0.25) is 0 Å². The molecule has 8 heteroatoms. The normalized spacial score (nSPS) is 11.5. The largest absolute Gasteiger partial charge is 0.334 e. The highest BCUT2D eigenvalue weighted by molar-refractivity contribution is 5.81. The van der Waals surface area contributed by atoms with Gasteiger partial charge < -0.3 is 4.90 Å². The lowest BCUT2D eigenvalue weighted by molar-refractivity contribution is -0.132. The minimum atomic E-state index is 0.161. The molecule has 8 nitrogen and oxygen atoms in total. The van der Waals surface area contributed by atoms with Crippen LogP contribution in [0.3, 0.4) is 0 Å². The number of nitrogens with one attached hydrogen (secondary N) is 2. The predicted octanol–water partition coefficient (Wildman–Crippen LogP) is 7.24. The van der Waals surface area contributed by atoms with E-state index in [2.05, 4.69) is 37.7 Å². The first-order chi connectivity index (χ1) is 18.8. The smallest absolute Gasteiger partial charge is 0.223 e. The third-order valence-corrected chi connectivity index (χ3v) is 7.43. The number of nitrogens with zero attached hydrogens (tertiary/aromatic N) is 5. The fraction of sp³-hybridized carbons (Fsp3) is 0.567. The van der Waals surface area contributed by atoms with Crippen LogP contribution in [-0.2, 0) is 17.9 Å². The molecule has 2 heterocycles. The van der Waals surface area contributed by atoms with E-state index >= 15 is 0 Å². The number of amides is 1. The van der Waals surface area contributed by atoms with Crippen LogP contribution < -0.4 is 0 Å². The maximum atomic E-state index is 13.4. The molecule has 4 rings (SSSR count). The first-order valence-corrected chi connectivity index (χ1v) is 14.6. The van der Waals surface area contributed by atoms with E-state index in [0.29, 0.717) is 19.5 Å². The van der Waals surface area contributed by atoms with Gasteiger partial charge in [0, 0.05) is 30.6 Å². The van der Waals surface area contributed by atoms with Crippen molar-refractivity contribution in [2.45, 2.75) is 110 Å². The number of aromatic nitrogens is 6. The van der Waals surface area contributed by atoms with Gasteiger partial charge in [-0.05, 0) is 18.6 Å². The Morgan fingerprint density at radius 1 is 0.632 bits per heavy atom. The molecule has 204 valence electrons. The number of carbonyl (C=O) groups excluding carboxylic acids is 1. The highest BCUT2D eigenvalue weighted by Gasteiger charge is 2.18. The van der Waals surface area contributed by atoms with Crippen molar-refractivity contribution in [1.29, 1.82) is 0 Å². The second-order valence-corrected chi connectivity index (χ2v) is 10.5. The Kier molecular flexibility index (Phi) is 11.1. The molecule has 0 aliphatic heterocycles. The number of unbranched alkanes of at least 4 members (excludes halogenated alkanes) is 12. The van der Waals surface area contributed by atoms with Crippen LogP contribution >= 0.6 is 0 Å². The zero-order chi connectivity index (χ0) is 26.4. The predicted molar refractivity (Wildman–Crippen MR) is 152 cm³/mol. The van der Waals surface area contributed by atoms with E-state index in [1.165, 1.54) is 70.6 Å². The first-order valence-electron chi connectivity index (χ1n) is 14.6. The van der Waals surface area contributed by atoms with Crippen LogP contribution in [0.15, 0.2) is 36.4 Å². The van der Waals surface area contributed by atoms with Gasteiger partial charge in [-0.25, -0.2) is 0 Å². The van der Waals surface area contributed by atoms with Gasteiger partial charge >= 0.3 is 0 Å². The van der Waals surface area contributed by atoms with Crippen molar-refractivity contribution in [3.05, 3.63) is 47.5 Å². The van der Waals surface area contributed by atoms with E-state index in [9.17, 15) is 4.79 Å². The molecule has 0 unspecified atom stereocenters. The first kappa shape index (κ1) is 27.7. The lowest BCUT2D eigenvalue weighted by Crippen LogP contribution is -2.30. The molecule has 0 saturated heterocycles. The number of para-hydroxylation sites is 2. The highest BCUT2D eigenvalue weighted by Crippen LogP contribution is 2.22. The number of carbonyl (C=O) groups is 1. The number of H-pyrrole nitrogens is 2. The molecule has 4 aromatic rings. The van der Waals surface area contributed by atoms with E-state index in [4.69, 9.17) is 0 Å². The monoisotopic (exact) mass is 517 g/mol. The van der Waals surface area contributed by atoms with Crippen LogP contribution in [0.1, 0.15) is 108 Å². The summed E-state index contributed by atoms with van der Waals surface area (Å²) in [4.78, 5) is 15.4. The van der Waals surface area contributed by atoms with Crippen LogP contribution in [0.5, 0.6) is 0 Å². The second-order valence-electron chi connectivity index (χ2n) is 10.5. The van der Waals surface area contributed by atoms with Crippen molar-refractivity contribution >= 4 is 28.0 Å². The Hall–Kier alpha value is -3.29. The molecule has 0 aliphatic carbocycles. The maximum Gasteiger partial charge on any atom is 0.223 e. The van der Waals surface area contributed by atoms with Crippen LogP contribution in [0.25, 0.3) is 22.1 Å². The summed E-state index contributed by atoms with van der Waals surface area (Å²) in [6.45, 7) is 3.23. The van der Waals surface area contributed by atoms with E-state index < -0.39 is 0 Å². The molecule has 2 aromatic heterocycles. The van der Waals surface area contributed by atoms with Gasteiger partial charge in [0.05, 0.1) is 0 Å². The van der Waals surface area contributed by atoms with E-state index in [1.54, 1.807) is 0 Å². The molecule has 0 spiro atoms. The fourth-order valence-electron chi connectivity index (χ4n) is 5.20. The van der Waals surface area contributed by atoms with Gasteiger partial charge in [-0.3, -0.25) is 4.79 Å². The molecule has 0 radical (unpaired) electrons. The maximum absolute atomic E-state index is 13.4. The van der Waals surface area contributed by atoms with Gasteiger partial charge in [0.2, 0.25) is 5.91 Å². The Morgan fingerprint density at radius 2 is 1.08 bits per heavy atom. The molecule has 1 amide bonds. The summed E-state index contributed by atoms with van der Waals surface area (Å²) >= 11 is 0. The number of fused-ring (bicyclic) bond motifs is 2. The van der Waals surface area contributed by atoms with Crippen LogP contribution in [0, 0.1) is 0 Å². The zero-order valence-electron chi connectivity index (χ0n) is 22.9. The number of benzene rings is 2. The van der Waals surface area contributed by atoms with Crippen molar-refractivity contribution in [3.8, 4) is 0 Å². The van der Waals surface area contributed by atoms with Crippen molar-refractivity contribution in [1.82, 2.24) is 35.7 Å². The van der Waals surface area contributed by atoms with Crippen molar-refractivity contribution in [2.75, 3.05) is 0 Å². The van der Waals surface area contributed by atoms with Crippen molar-refractivity contribution in [2.24, 2.45) is 0 Å². The van der Waals surface area contributed by atoms with E-state index in [-0.39, 0.29) is 5.91 Å². The molecule has 0 saturated carbocycles. The molecular weight excluding hydrogens is 474 g/mol. The standard InChI is InChI=1S/C30H43N7O/c1-2-3-4-5-6-7-8-9-10-11-12-13-14-21-28(38)37(22-24-17-15-19-26-29(24)33-35-31-26)23-25-18-16-20-27-30(25)34-36-32-27/h15-20H,2-14,21-23H2,1H3,(H,31,33,35)(H,32,34,36). The third-order valence-electron chi connectivity index (χ3n) is 7.43. The summed E-state index contributed by atoms with van der Waals surface area (Å²) < 4.78 is 0. The SMILES string of the molecule is CCCCCCCCCCCCCCCC(=O)N(Cc1cccc2n[nH]nc12)Cc1cccc2n[nH]nc12. The third kappa shape index (κ3) is 8.10. The van der Waals surface area contributed by atoms with Crippen molar-refractivity contribution in [3.63, 3.8) is 0 Å². The minimum Gasteiger partial charge on any atom is -0.334 e. The summed E-state index contributed by atoms with van der Waals surface area (Å²) in [6, 6.07) is 11.8. The average Bonchev–Trinajstić information content (AvgIpc) is 3.61. The Bertz CT molecular complexity index is 1170.